The van der Waals surface area contributed by atoms with Crippen molar-refractivity contribution >= 4 is 22.7 Å². The first kappa shape index (κ1) is 26.8. The first-order valence-electron chi connectivity index (χ1n) is 13.1. The summed E-state index contributed by atoms with van der Waals surface area (Å²) in [6.45, 7) is 19.1. The molecule has 198 valence electrons. The van der Waals surface area contributed by atoms with Gasteiger partial charge in [0.05, 0.1) is 0 Å². The highest BCUT2D eigenvalue weighted by molar-refractivity contribution is 5.97. The van der Waals surface area contributed by atoms with Gasteiger partial charge in [-0.3, -0.25) is 0 Å². The molecule has 2 bridgehead atoms. The van der Waals surface area contributed by atoms with Crippen molar-refractivity contribution in [3.05, 3.63) is 59.2 Å². The summed E-state index contributed by atoms with van der Waals surface area (Å²) < 4.78 is 23.9. The molecule has 6 nitrogen and oxygen atoms in total. The number of rotatable bonds is 10. The van der Waals surface area contributed by atoms with Crippen LogP contribution in [0.4, 0.5) is 0 Å². The molecular weight excluding hydrogens is 468 g/mol. The van der Waals surface area contributed by atoms with Gasteiger partial charge in [-0.2, -0.15) is 0 Å². The maximum Gasteiger partial charge on any atom is 0.333 e. The summed E-state index contributed by atoms with van der Waals surface area (Å²) in [6, 6.07) is 6.28. The summed E-state index contributed by atoms with van der Waals surface area (Å²) in [5.74, 6) is 2.13. The fourth-order valence-corrected chi connectivity index (χ4v) is 5.64. The van der Waals surface area contributed by atoms with Crippen molar-refractivity contribution in [3.63, 3.8) is 0 Å². The van der Waals surface area contributed by atoms with Crippen molar-refractivity contribution in [2.24, 2.45) is 5.92 Å². The SMILES string of the molecule is C=C(C)C(=O)OC(C)COc1c2c(c(OCC(C)OC(=O)C(=C)C)c3cc(C)ccc13)C1CCC2C1C. The zero-order chi connectivity index (χ0) is 27.0. The molecule has 0 aliphatic heterocycles. The molecule has 37 heavy (non-hydrogen) atoms. The summed E-state index contributed by atoms with van der Waals surface area (Å²) in [4.78, 5) is 24.0. The molecular formula is C31H38O6. The van der Waals surface area contributed by atoms with Crippen molar-refractivity contribution in [1.29, 1.82) is 0 Å². The van der Waals surface area contributed by atoms with E-state index >= 15 is 0 Å². The van der Waals surface area contributed by atoms with E-state index in [4.69, 9.17) is 18.9 Å². The number of aryl methyl sites for hydroxylation is 1. The average molecular weight is 507 g/mol. The predicted molar refractivity (Wildman–Crippen MR) is 144 cm³/mol. The monoisotopic (exact) mass is 506 g/mol. The van der Waals surface area contributed by atoms with Crippen LogP contribution in [0.3, 0.4) is 0 Å². The Balaban J connectivity index is 1.72. The van der Waals surface area contributed by atoms with Crippen LogP contribution >= 0.6 is 0 Å². The van der Waals surface area contributed by atoms with Gasteiger partial charge >= 0.3 is 11.9 Å². The largest absolute Gasteiger partial charge is 0.489 e. The highest BCUT2D eigenvalue weighted by Crippen LogP contribution is 2.63. The summed E-state index contributed by atoms with van der Waals surface area (Å²) in [5.41, 5.74) is 4.26. The van der Waals surface area contributed by atoms with Crippen LogP contribution in [0.15, 0.2) is 42.5 Å². The third-order valence-corrected chi connectivity index (χ3v) is 7.48. The van der Waals surface area contributed by atoms with E-state index in [1.807, 2.05) is 13.8 Å². The molecule has 2 aliphatic rings. The molecule has 1 saturated carbocycles. The maximum atomic E-state index is 12.0. The quantitative estimate of drug-likeness (QED) is 0.269. The number of hydrogen-bond acceptors (Lipinski definition) is 6. The molecule has 0 heterocycles. The molecule has 0 spiro atoms. The molecule has 0 amide bonds. The third kappa shape index (κ3) is 5.25. The Bertz CT molecular complexity index is 1260. The van der Waals surface area contributed by atoms with Crippen LogP contribution in [0.25, 0.3) is 10.8 Å². The lowest BCUT2D eigenvalue weighted by Crippen LogP contribution is -2.24. The Labute approximate surface area is 219 Å². The average Bonchev–Trinajstić information content (AvgIpc) is 3.33. The van der Waals surface area contributed by atoms with Crippen molar-refractivity contribution in [3.8, 4) is 11.5 Å². The van der Waals surface area contributed by atoms with E-state index in [0.29, 0.717) is 28.9 Å². The van der Waals surface area contributed by atoms with Crippen LogP contribution in [0.5, 0.6) is 11.5 Å². The van der Waals surface area contributed by atoms with Crippen molar-refractivity contribution in [2.75, 3.05) is 13.2 Å². The Morgan fingerprint density at radius 2 is 1.32 bits per heavy atom. The van der Waals surface area contributed by atoms with Gasteiger partial charge in [-0.05, 0) is 71.3 Å². The molecule has 5 unspecified atom stereocenters. The standard InChI is InChI=1S/C31H38O6/c1-16(2)30(32)36-19(6)14-34-28-24-10-9-18(5)13-25(24)29(35-15-20(7)37-31(33)17(3)4)27-23-12-11-22(21(23)8)26(27)28/h9-10,13,19-23H,1,3,11-12,14-15H2,2,4-8H3. The highest BCUT2D eigenvalue weighted by atomic mass is 16.6. The smallest absolute Gasteiger partial charge is 0.333 e. The van der Waals surface area contributed by atoms with Gasteiger partial charge in [0.25, 0.3) is 0 Å². The van der Waals surface area contributed by atoms with E-state index in [0.717, 1.165) is 40.7 Å². The van der Waals surface area contributed by atoms with Gasteiger partial charge in [0.2, 0.25) is 0 Å². The van der Waals surface area contributed by atoms with Crippen molar-refractivity contribution in [1.82, 2.24) is 0 Å². The topological polar surface area (TPSA) is 71.1 Å². The number of benzene rings is 2. The second-order valence-corrected chi connectivity index (χ2v) is 10.8. The number of carbonyl (C=O) groups is 2. The maximum absolute atomic E-state index is 12.0. The third-order valence-electron chi connectivity index (χ3n) is 7.48. The summed E-state index contributed by atoms with van der Waals surface area (Å²) in [7, 11) is 0. The van der Waals surface area contributed by atoms with Crippen LogP contribution in [-0.2, 0) is 19.1 Å². The lowest BCUT2D eigenvalue weighted by molar-refractivity contribution is -0.145. The lowest BCUT2D eigenvalue weighted by atomic mass is 9.87. The van der Waals surface area contributed by atoms with Gasteiger partial charge in [0.15, 0.2) is 0 Å². The summed E-state index contributed by atoms with van der Waals surface area (Å²) >= 11 is 0. The fourth-order valence-electron chi connectivity index (χ4n) is 5.64. The van der Waals surface area contributed by atoms with Crippen LogP contribution in [-0.4, -0.2) is 37.4 Å². The molecule has 0 saturated heterocycles. The van der Waals surface area contributed by atoms with Crippen LogP contribution in [0, 0.1) is 12.8 Å². The van der Waals surface area contributed by atoms with Crippen molar-refractivity contribution < 1.29 is 28.5 Å². The molecule has 0 N–H and O–H groups in total. The Morgan fingerprint density at radius 1 is 0.865 bits per heavy atom. The number of hydrogen-bond donors (Lipinski definition) is 0. The minimum Gasteiger partial charge on any atom is -0.489 e. The Morgan fingerprint density at radius 3 is 1.78 bits per heavy atom. The minimum atomic E-state index is -0.421. The van der Waals surface area contributed by atoms with Gasteiger partial charge in [-0.25, -0.2) is 9.59 Å². The molecule has 2 aromatic carbocycles. The molecule has 2 aliphatic carbocycles. The van der Waals surface area contributed by atoms with E-state index in [2.05, 4.69) is 45.2 Å². The highest BCUT2D eigenvalue weighted by Gasteiger charge is 2.48. The second kappa shape index (κ2) is 10.6. The lowest BCUT2D eigenvalue weighted by Gasteiger charge is -2.26. The van der Waals surface area contributed by atoms with Gasteiger partial charge in [-0.15, -0.1) is 0 Å². The van der Waals surface area contributed by atoms with Gasteiger partial charge in [-0.1, -0.05) is 37.8 Å². The molecule has 4 rings (SSSR count). The number of carbonyl (C=O) groups excluding carboxylic acids is 2. The number of ether oxygens (including phenoxy) is 4. The van der Waals surface area contributed by atoms with Crippen LogP contribution < -0.4 is 9.47 Å². The normalized spacial score (nSPS) is 21.2. The summed E-state index contributed by atoms with van der Waals surface area (Å²) in [6.07, 6.45) is 1.38. The van der Waals surface area contributed by atoms with Gasteiger partial charge in [0.1, 0.15) is 36.9 Å². The zero-order valence-electron chi connectivity index (χ0n) is 22.8. The van der Waals surface area contributed by atoms with Crippen molar-refractivity contribution in [2.45, 2.75) is 78.4 Å². The van der Waals surface area contributed by atoms with Crippen LogP contribution in [0.1, 0.15) is 76.0 Å². The Hall–Kier alpha value is -3.28. The first-order valence-corrected chi connectivity index (χ1v) is 13.1. The molecule has 2 aromatic rings. The van der Waals surface area contributed by atoms with Gasteiger partial charge < -0.3 is 18.9 Å². The molecule has 0 radical (unpaired) electrons. The fraction of sp³-hybridized carbons (Fsp3) is 0.484. The van der Waals surface area contributed by atoms with Gasteiger partial charge in [0, 0.05) is 33.0 Å². The molecule has 6 heteroatoms. The van der Waals surface area contributed by atoms with E-state index < -0.39 is 24.1 Å². The van der Waals surface area contributed by atoms with E-state index in [-0.39, 0.29) is 13.2 Å². The number of fused-ring (bicyclic) bond motifs is 6. The van der Waals surface area contributed by atoms with Crippen LogP contribution in [0.2, 0.25) is 0 Å². The Kier molecular flexibility index (Phi) is 7.67. The van der Waals surface area contributed by atoms with E-state index in [1.54, 1.807) is 13.8 Å². The summed E-state index contributed by atoms with van der Waals surface area (Å²) in [5, 5.41) is 1.96. The molecule has 0 aromatic heterocycles. The van der Waals surface area contributed by atoms with E-state index in [1.165, 1.54) is 11.1 Å². The van der Waals surface area contributed by atoms with E-state index in [9.17, 15) is 9.59 Å². The second-order valence-electron chi connectivity index (χ2n) is 10.8. The minimum absolute atomic E-state index is 0.244. The first-order chi connectivity index (χ1) is 17.5. The number of esters is 2. The molecule has 5 atom stereocenters. The predicted octanol–water partition coefficient (Wildman–Crippen LogP) is 6.53. The zero-order valence-corrected chi connectivity index (χ0v) is 22.8. The molecule has 1 fully saturated rings.